The highest BCUT2D eigenvalue weighted by molar-refractivity contribution is 7.85. The van der Waals surface area contributed by atoms with Gasteiger partial charge in [-0.25, -0.2) is 0 Å². The summed E-state index contributed by atoms with van der Waals surface area (Å²) in [4.78, 5) is 22.7. The predicted molar refractivity (Wildman–Crippen MR) is 64.3 cm³/mol. The highest BCUT2D eigenvalue weighted by Gasteiger charge is 2.76. The first-order valence-electron chi connectivity index (χ1n) is 6.42. The standard InChI is InChI=1S/C11H12F6O6S/c12-10(13,14)9(11(15,16)17,5-24(20,21)22)23-8(19)6-1-3-7(18)4-2-6/h6H,1-5H2,(H,20,21,22). The van der Waals surface area contributed by atoms with Gasteiger partial charge in [-0.1, -0.05) is 0 Å². The molecule has 140 valence electrons. The van der Waals surface area contributed by atoms with Crippen molar-refractivity contribution in [2.45, 2.75) is 43.6 Å². The van der Waals surface area contributed by atoms with Gasteiger partial charge in [0, 0.05) is 12.8 Å². The van der Waals surface area contributed by atoms with E-state index in [0.717, 1.165) is 0 Å². The maximum atomic E-state index is 13.0. The lowest BCUT2D eigenvalue weighted by atomic mass is 9.88. The molecule has 0 saturated heterocycles. The molecule has 1 fully saturated rings. The Morgan fingerprint density at radius 2 is 1.50 bits per heavy atom. The number of ether oxygens (including phenoxy) is 1. The molecule has 24 heavy (non-hydrogen) atoms. The highest BCUT2D eigenvalue weighted by Crippen LogP contribution is 2.47. The van der Waals surface area contributed by atoms with E-state index in [1.165, 1.54) is 0 Å². The molecule has 0 unspecified atom stereocenters. The highest BCUT2D eigenvalue weighted by atomic mass is 32.2. The third-order valence-corrected chi connectivity index (χ3v) is 4.22. The first-order valence-corrected chi connectivity index (χ1v) is 8.03. The molecule has 0 amide bonds. The van der Waals surface area contributed by atoms with Gasteiger partial charge in [0.15, 0.2) is 0 Å². The second-order valence-corrected chi connectivity index (χ2v) is 6.74. The monoisotopic (exact) mass is 386 g/mol. The molecule has 0 aromatic carbocycles. The number of carbonyl (C=O) groups excluding carboxylic acids is 2. The van der Waals surface area contributed by atoms with E-state index in [1.54, 1.807) is 0 Å². The van der Waals surface area contributed by atoms with Crippen LogP contribution >= 0.6 is 0 Å². The molecule has 0 radical (unpaired) electrons. The van der Waals surface area contributed by atoms with Crippen molar-refractivity contribution in [3.05, 3.63) is 0 Å². The summed E-state index contributed by atoms with van der Waals surface area (Å²) < 4.78 is 111. The molecule has 1 aliphatic rings. The van der Waals surface area contributed by atoms with Gasteiger partial charge in [0.1, 0.15) is 11.5 Å². The van der Waals surface area contributed by atoms with Gasteiger partial charge in [-0.3, -0.25) is 14.1 Å². The normalized spacial score (nSPS) is 18.5. The maximum absolute atomic E-state index is 13.0. The van der Waals surface area contributed by atoms with Crippen LogP contribution in [0, 0.1) is 5.92 Å². The first-order chi connectivity index (χ1) is 10.6. The van der Waals surface area contributed by atoms with E-state index in [4.69, 9.17) is 4.55 Å². The van der Waals surface area contributed by atoms with Crippen molar-refractivity contribution in [1.82, 2.24) is 0 Å². The second kappa shape index (κ2) is 6.50. The Kier molecular flexibility index (Phi) is 5.60. The zero-order chi connectivity index (χ0) is 19.0. The Balaban J connectivity index is 3.22. The van der Waals surface area contributed by atoms with E-state index in [-0.39, 0.29) is 31.5 Å². The molecule has 0 aromatic heterocycles. The number of Topliss-reactive ketones (excluding diaryl/α,β-unsaturated/α-hetero) is 1. The molecule has 1 saturated carbocycles. The van der Waals surface area contributed by atoms with Crippen LogP contribution in [0.4, 0.5) is 26.3 Å². The molecule has 1 rings (SSSR count). The van der Waals surface area contributed by atoms with Crippen LogP contribution in [0.5, 0.6) is 0 Å². The lowest BCUT2D eigenvalue weighted by Gasteiger charge is -2.36. The van der Waals surface area contributed by atoms with E-state index in [0.29, 0.717) is 0 Å². The van der Waals surface area contributed by atoms with Crippen molar-refractivity contribution < 1.29 is 53.6 Å². The number of rotatable bonds is 4. The quantitative estimate of drug-likeness (QED) is 0.451. The molecular weight excluding hydrogens is 374 g/mol. The van der Waals surface area contributed by atoms with E-state index >= 15 is 0 Å². The van der Waals surface area contributed by atoms with Crippen molar-refractivity contribution in [3.8, 4) is 0 Å². The van der Waals surface area contributed by atoms with Crippen LogP contribution in [-0.4, -0.2) is 48.4 Å². The minimum atomic E-state index is -6.35. The number of carbonyl (C=O) groups is 2. The third-order valence-electron chi connectivity index (χ3n) is 3.45. The van der Waals surface area contributed by atoms with Gasteiger partial charge >= 0.3 is 23.9 Å². The Hall–Kier alpha value is -1.37. The molecule has 0 atom stereocenters. The van der Waals surface area contributed by atoms with Crippen LogP contribution in [0.1, 0.15) is 25.7 Å². The van der Waals surface area contributed by atoms with Crippen LogP contribution in [-0.2, 0) is 24.4 Å². The molecule has 0 heterocycles. The first kappa shape index (κ1) is 20.7. The fourth-order valence-corrected chi connectivity index (χ4v) is 3.06. The summed E-state index contributed by atoms with van der Waals surface area (Å²) in [6, 6.07) is 0. The zero-order valence-electron chi connectivity index (χ0n) is 11.8. The van der Waals surface area contributed by atoms with Crippen molar-refractivity contribution in [2.24, 2.45) is 5.92 Å². The molecule has 0 aliphatic heterocycles. The Labute approximate surface area is 131 Å². The van der Waals surface area contributed by atoms with Gasteiger partial charge in [0.25, 0.3) is 10.1 Å². The van der Waals surface area contributed by atoms with Crippen molar-refractivity contribution >= 4 is 21.9 Å². The molecule has 0 spiro atoms. The van der Waals surface area contributed by atoms with E-state index in [9.17, 15) is 44.3 Å². The minimum absolute atomic E-state index is 0.219. The Morgan fingerprint density at radius 3 is 1.83 bits per heavy atom. The van der Waals surface area contributed by atoms with Gasteiger partial charge in [0.2, 0.25) is 0 Å². The number of hydrogen-bond acceptors (Lipinski definition) is 5. The molecule has 0 aromatic rings. The van der Waals surface area contributed by atoms with Crippen LogP contribution in [0.2, 0.25) is 0 Å². The Morgan fingerprint density at radius 1 is 1.08 bits per heavy atom. The van der Waals surface area contributed by atoms with Crippen molar-refractivity contribution in [2.75, 3.05) is 5.75 Å². The van der Waals surface area contributed by atoms with Crippen LogP contribution in [0.15, 0.2) is 0 Å². The van der Waals surface area contributed by atoms with Gasteiger partial charge in [-0.15, -0.1) is 0 Å². The fraction of sp³-hybridized carbons (Fsp3) is 0.818. The molecule has 1 aliphatic carbocycles. The topological polar surface area (TPSA) is 97.7 Å². The summed E-state index contributed by atoms with van der Waals surface area (Å²) in [5.74, 6) is -6.56. The van der Waals surface area contributed by atoms with Crippen LogP contribution in [0.3, 0.4) is 0 Å². The average Bonchev–Trinajstić information content (AvgIpc) is 2.34. The van der Waals surface area contributed by atoms with Gasteiger partial charge in [0.05, 0.1) is 5.92 Å². The van der Waals surface area contributed by atoms with Gasteiger partial charge < -0.3 is 4.74 Å². The Bertz CT molecular complexity index is 583. The van der Waals surface area contributed by atoms with Crippen molar-refractivity contribution in [3.63, 3.8) is 0 Å². The van der Waals surface area contributed by atoms with E-state index < -0.39 is 45.7 Å². The average molecular weight is 386 g/mol. The summed E-state index contributed by atoms with van der Waals surface area (Å²) in [6.07, 6.45) is -13.8. The molecule has 6 nitrogen and oxygen atoms in total. The summed E-state index contributed by atoms with van der Waals surface area (Å²) in [5, 5.41) is 0. The summed E-state index contributed by atoms with van der Waals surface area (Å²) in [6.45, 7) is 0. The summed E-state index contributed by atoms with van der Waals surface area (Å²) >= 11 is 0. The lowest BCUT2D eigenvalue weighted by molar-refractivity contribution is -0.362. The fourth-order valence-electron chi connectivity index (χ4n) is 2.16. The van der Waals surface area contributed by atoms with Crippen LogP contribution < -0.4 is 0 Å². The van der Waals surface area contributed by atoms with Gasteiger partial charge in [-0.2, -0.15) is 34.8 Å². The number of esters is 1. The predicted octanol–water partition coefficient (Wildman–Crippen LogP) is 2.04. The second-order valence-electron chi connectivity index (χ2n) is 5.28. The molecule has 1 N–H and O–H groups in total. The zero-order valence-corrected chi connectivity index (χ0v) is 12.6. The maximum Gasteiger partial charge on any atom is 0.438 e. The van der Waals surface area contributed by atoms with E-state index in [1.807, 2.05) is 0 Å². The van der Waals surface area contributed by atoms with E-state index in [2.05, 4.69) is 4.74 Å². The lowest BCUT2D eigenvalue weighted by Crippen LogP contribution is -2.63. The number of ketones is 1. The number of alkyl halides is 6. The summed E-state index contributed by atoms with van der Waals surface area (Å²) in [5.41, 5.74) is -5.40. The van der Waals surface area contributed by atoms with Crippen molar-refractivity contribution in [1.29, 1.82) is 0 Å². The minimum Gasteiger partial charge on any atom is -0.438 e. The molecular formula is C11H12F6O6S. The smallest absolute Gasteiger partial charge is 0.438 e. The SMILES string of the molecule is O=C1CCC(C(=O)OC(CS(=O)(=O)O)(C(F)(F)F)C(F)(F)F)CC1. The molecule has 13 heteroatoms. The third kappa shape index (κ3) is 4.59. The molecule has 0 bridgehead atoms. The number of halogens is 6. The van der Waals surface area contributed by atoms with Crippen LogP contribution in [0.25, 0.3) is 0 Å². The van der Waals surface area contributed by atoms with Gasteiger partial charge in [-0.05, 0) is 12.8 Å². The number of hydrogen-bond donors (Lipinski definition) is 1. The summed E-state index contributed by atoms with van der Waals surface area (Å²) in [7, 11) is -5.80. The largest absolute Gasteiger partial charge is 0.438 e.